The molecule has 0 atom stereocenters. The molecule has 1 rings (SSSR count). The minimum absolute atomic E-state index is 0.356. The van der Waals surface area contributed by atoms with E-state index in [1.807, 2.05) is 6.92 Å². The van der Waals surface area contributed by atoms with Gasteiger partial charge in [0.25, 0.3) is 0 Å². The van der Waals surface area contributed by atoms with Gasteiger partial charge in [-0.3, -0.25) is 0 Å². The standard InChI is InChI=1S/C7H10F3N3O/c1-3-11-5-4-13(2)6(12-5)14-7(8,9)10/h4,11H,3H2,1-2H3. The number of anilines is 1. The van der Waals surface area contributed by atoms with Crippen molar-refractivity contribution in [2.75, 3.05) is 11.9 Å². The predicted octanol–water partition coefficient (Wildman–Crippen LogP) is 1.75. The molecule has 1 aromatic heterocycles. The first kappa shape index (κ1) is 10.7. The van der Waals surface area contributed by atoms with Crippen molar-refractivity contribution in [2.24, 2.45) is 7.05 Å². The van der Waals surface area contributed by atoms with E-state index in [4.69, 9.17) is 0 Å². The molecule has 0 fully saturated rings. The smallest absolute Gasteiger partial charge is 0.372 e. The van der Waals surface area contributed by atoms with Gasteiger partial charge in [0.2, 0.25) is 0 Å². The van der Waals surface area contributed by atoms with E-state index in [0.717, 1.165) is 4.57 Å². The molecule has 0 spiro atoms. The van der Waals surface area contributed by atoms with Gasteiger partial charge in [0.1, 0.15) is 5.82 Å². The minimum Gasteiger partial charge on any atom is -0.372 e. The van der Waals surface area contributed by atoms with E-state index in [0.29, 0.717) is 12.4 Å². The number of rotatable bonds is 3. The highest BCUT2D eigenvalue weighted by Gasteiger charge is 2.33. The molecule has 0 aliphatic heterocycles. The highest BCUT2D eigenvalue weighted by atomic mass is 19.4. The van der Waals surface area contributed by atoms with Crippen molar-refractivity contribution in [2.45, 2.75) is 13.3 Å². The van der Waals surface area contributed by atoms with Crippen molar-refractivity contribution in [3.63, 3.8) is 0 Å². The maximum absolute atomic E-state index is 11.8. The van der Waals surface area contributed by atoms with Crippen molar-refractivity contribution in [3.05, 3.63) is 6.20 Å². The van der Waals surface area contributed by atoms with Gasteiger partial charge in [0.15, 0.2) is 0 Å². The van der Waals surface area contributed by atoms with Crippen LogP contribution < -0.4 is 10.1 Å². The van der Waals surface area contributed by atoms with Crippen molar-refractivity contribution in [1.82, 2.24) is 9.55 Å². The van der Waals surface area contributed by atoms with Crippen LogP contribution in [0.2, 0.25) is 0 Å². The van der Waals surface area contributed by atoms with Crippen LogP contribution in [0, 0.1) is 0 Å². The summed E-state index contributed by atoms with van der Waals surface area (Å²) in [5, 5.41) is 2.78. The molecule has 0 saturated heterocycles. The largest absolute Gasteiger partial charge is 0.575 e. The molecule has 4 nitrogen and oxygen atoms in total. The number of hydrogen-bond donors (Lipinski definition) is 1. The van der Waals surface area contributed by atoms with Gasteiger partial charge >= 0.3 is 12.4 Å². The monoisotopic (exact) mass is 209 g/mol. The van der Waals surface area contributed by atoms with E-state index >= 15 is 0 Å². The summed E-state index contributed by atoms with van der Waals surface area (Å²) in [6.45, 7) is 2.40. The first-order valence-corrected chi connectivity index (χ1v) is 3.95. The number of alkyl halides is 3. The third-order valence-electron chi connectivity index (χ3n) is 1.40. The second-order valence-electron chi connectivity index (χ2n) is 2.60. The molecule has 0 unspecified atom stereocenters. The van der Waals surface area contributed by atoms with Crippen LogP contribution in [-0.2, 0) is 7.05 Å². The van der Waals surface area contributed by atoms with Crippen LogP contribution in [0.15, 0.2) is 6.20 Å². The van der Waals surface area contributed by atoms with Crippen LogP contribution in [0.25, 0.3) is 0 Å². The zero-order chi connectivity index (χ0) is 10.8. The Morgan fingerprint density at radius 1 is 1.57 bits per heavy atom. The van der Waals surface area contributed by atoms with Crippen molar-refractivity contribution >= 4 is 5.82 Å². The van der Waals surface area contributed by atoms with Crippen molar-refractivity contribution in [1.29, 1.82) is 0 Å². The second kappa shape index (κ2) is 3.77. The van der Waals surface area contributed by atoms with Gasteiger partial charge in [-0.15, -0.1) is 13.2 Å². The molecule has 0 aliphatic carbocycles. The molecule has 0 saturated carbocycles. The predicted molar refractivity (Wildman–Crippen MR) is 44.1 cm³/mol. The van der Waals surface area contributed by atoms with Gasteiger partial charge in [-0.2, -0.15) is 4.98 Å². The highest BCUT2D eigenvalue weighted by molar-refractivity contribution is 5.34. The van der Waals surface area contributed by atoms with Crippen molar-refractivity contribution in [3.8, 4) is 6.01 Å². The van der Waals surface area contributed by atoms with Crippen LogP contribution in [0.4, 0.5) is 19.0 Å². The SMILES string of the molecule is CCNc1cn(C)c(OC(F)(F)F)n1. The summed E-state index contributed by atoms with van der Waals surface area (Å²) in [6, 6.07) is -0.478. The lowest BCUT2D eigenvalue weighted by molar-refractivity contribution is -0.278. The topological polar surface area (TPSA) is 39.1 Å². The molecule has 0 aliphatic rings. The lowest BCUT2D eigenvalue weighted by Gasteiger charge is -2.06. The van der Waals surface area contributed by atoms with Crippen LogP contribution in [0.5, 0.6) is 6.01 Å². The van der Waals surface area contributed by atoms with E-state index in [1.54, 1.807) is 0 Å². The van der Waals surface area contributed by atoms with Gasteiger partial charge in [0, 0.05) is 13.6 Å². The first-order chi connectivity index (χ1) is 6.42. The lowest BCUT2D eigenvalue weighted by atomic mass is 10.6. The van der Waals surface area contributed by atoms with E-state index in [2.05, 4.69) is 15.0 Å². The summed E-state index contributed by atoms with van der Waals surface area (Å²) in [5.74, 6) is 0.356. The molecular weight excluding hydrogens is 199 g/mol. The van der Waals surface area contributed by atoms with Gasteiger partial charge in [-0.05, 0) is 6.92 Å². The van der Waals surface area contributed by atoms with E-state index in [9.17, 15) is 13.2 Å². The fraction of sp³-hybridized carbons (Fsp3) is 0.571. The number of ether oxygens (including phenoxy) is 1. The fourth-order valence-corrected chi connectivity index (χ4v) is 0.914. The first-order valence-electron chi connectivity index (χ1n) is 3.95. The average molecular weight is 209 g/mol. The van der Waals surface area contributed by atoms with Crippen LogP contribution >= 0.6 is 0 Å². The number of aromatic nitrogens is 2. The average Bonchev–Trinajstić information content (AvgIpc) is 2.29. The molecule has 0 aromatic carbocycles. The number of halogens is 3. The Kier molecular flexibility index (Phi) is 2.87. The van der Waals surface area contributed by atoms with E-state index in [1.165, 1.54) is 13.2 Å². The van der Waals surface area contributed by atoms with Crippen LogP contribution in [0.3, 0.4) is 0 Å². The molecular formula is C7H10F3N3O. The molecule has 1 aromatic rings. The summed E-state index contributed by atoms with van der Waals surface area (Å²) in [6.07, 6.45) is -3.28. The third-order valence-corrected chi connectivity index (χ3v) is 1.40. The molecule has 14 heavy (non-hydrogen) atoms. The summed E-state index contributed by atoms with van der Waals surface area (Å²) in [7, 11) is 1.43. The van der Waals surface area contributed by atoms with E-state index in [-0.39, 0.29) is 0 Å². The Hall–Kier alpha value is -1.40. The maximum atomic E-state index is 11.8. The van der Waals surface area contributed by atoms with Gasteiger partial charge in [0.05, 0.1) is 6.20 Å². The van der Waals surface area contributed by atoms with E-state index < -0.39 is 12.4 Å². The molecule has 0 bridgehead atoms. The number of hydrogen-bond acceptors (Lipinski definition) is 3. The second-order valence-corrected chi connectivity index (χ2v) is 2.60. The third kappa shape index (κ3) is 2.82. The summed E-state index contributed by atoms with van der Waals surface area (Å²) >= 11 is 0. The van der Waals surface area contributed by atoms with Gasteiger partial charge in [-0.1, -0.05) is 0 Å². The normalized spacial score (nSPS) is 11.5. The summed E-state index contributed by atoms with van der Waals surface area (Å²) in [5.41, 5.74) is 0. The Labute approximate surface area is 78.7 Å². The fourth-order valence-electron chi connectivity index (χ4n) is 0.914. The van der Waals surface area contributed by atoms with Gasteiger partial charge < -0.3 is 14.6 Å². The number of nitrogens with one attached hydrogen (secondary N) is 1. The summed E-state index contributed by atoms with van der Waals surface area (Å²) < 4.78 is 40.3. The van der Waals surface area contributed by atoms with Crippen LogP contribution in [0.1, 0.15) is 6.92 Å². The molecule has 1 heterocycles. The van der Waals surface area contributed by atoms with Crippen LogP contribution in [-0.4, -0.2) is 22.5 Å². The lowest BCUT2D eigenvalue weighted by Crippen LogP contribution is -2.19. The number of imidazole rings is 1. The molecule has 80 valence electrons. The molecule has 7 heteroatoms. The Bertz CT molecular complexity index is 308. The Balaban J connectivity index is 2.77. The molecule has 0 amide bonds. The zero-order valence-corrected chi connectivity index (χ0v) is 7.72. The molecule has 1 N–H and O–H groups in total. The number of nitrogens with zero attached hydrogens (tertiary/aromatic N) is 2. The number of aryl methyl sites for hydroxylation is 1. The Morgan fingerprint density at radius 2 is 2.21 bits per heavy atom. The highest BCUT2D eigenvalue weighted by Crippen LogP contribution is 2.22. The van der Waals surface area contributed by atoms with Gasteiger partial charge in [-0.25, -0.2) is 0 Å². The Morgan fingerprint density at radius 3 is 2.71 bits per heavy atom. The zero-order valence-electron chi connectivity index (χ0n) is 7.72. The summed E-state index contributed by atoms with van der Waals surface area (Å²) in [4.78, 5) is 3.59. The van der Waals surface area contributed by atoms with Crippen molar-refractivity contribution < 1.29 is 17.9 Å². The minimum atomic E-state index is -4.71. The molecule has 0 radical (unpaired) electrons. The maximum Gasteiger partial charge on any atom is 0.575 e. The quantitative estimate of drug-likeness (QED) is 0.824.